The van der Waals surface area contributed by atoms with Gasteiger partial charge in [0.25, 0.3) is 0 Å². The van der Waals surface area contributed by atoms with Crippen LogP contribution in [0, 0.1) is 11.3 Å². The minimum absolute atomic E-state index is 0.376. The van der Waals surface area contributed by atoms with Gasteiger partial charge in [0.15, 0.2) is 0 Å². The minimum atomic E-state index is -1.46. The van der Waals surface area contributed by atoms with Crippen molar-refractivity contribution in [2.75, 3.05) is 0 Å². The van der Waals surface area contributed by atoms with Gasteiger partial charge < -0.3 is 10.0 Å². The van der Waals surface area contributed by atoms with E-state index in [1.54, 1.807) is 5.38 Å². The van der Waals surface area contributed by atoms with Crippen molar-refractivity contribution < 1.29 is 10.0 Å². The van der Waals surface area contributed by atoms with Gasteiger partial charge in [0, 0.05) is 0 Å². The maximum Gasteiger partial charge on any atom is 0.489 e. The highest BCUT2D eigenvalue weighted by molar-refractivity contribution is 7.11. The Morgan fingerprint density at radius 3 is 2.60 bits per heavy atom. The number of nitrogens with zero attached hydrogens (tertiary/aromatic N) is 1. The summed E-state index contributed by atoms with van der Waals surface area (Å²) in [5, 5.41) is 27.0. The molecule has 0 radical (unpaired) electrons. The first kappa shape index (κ1) is 7.28. The molecule has 0 saturated heterocycles. The smallest absolute Gasteiger partial charge is 0.423 e. The third kappa shape index (κ3) is 1.36. The molecule has 50 valence electrons. The molecule has 0 amide bonds. The fourth-order valence-corrected chi connectivity index (χ4v) is 1.25. The number of thiophene rings is 1. The monoisotopic (exact) mass is 153 g/mol. The topological polar surface area (TPSA) is 64.2 Å². The predicted octanol–water partition coefficient (Wildman–Crippen LogP) is -0.700. The summed E-state index contributed by atoms with van der Waals surface area (Å²) in [6.07, 6.45) is 0. The van der Waals surface area contributed by atoms with Gasteiger partial charge in [0.2, 0.25) is 0 Å². The average molecular weight is 153 g/mol. The van der Waals surface area contributed by atoms with Gasteiger partial charge >= 0.3 is 7.12 Å². The predicted molar refractivity (Wildman–Crippen MR) is 38.9 cm³/mol. The molecule has 1 aromatic heterocycles. The van der Waals surface area contributed by atoms with Crippen LogP contribution < -0.4 is 5.46 Å². The fraction of sp³-hybridized carbons (Fsp3) is 0. The summed E-state index contributed by atoms with van der Waals surface area (Å²) in [6, 6.07) is 3.35. The van der Waals surface area contributed by atoms with Gasteiger partial charge in [-0.3, -0.25) is 0 Å². The molecule has 0 spiro atoms. The quantitative estimate of drug-likeness (QED) is 0.524. The molecule has 1 aromatic rings. The summed E-state index contributed by atoms with van der Waals surface area (Å²) in [6.45, 7) is 0. The first-order chi connectivity index (χ1) is 4.74. The van der Waals surface area contributed by atoms with Crippen molar-refractivity contribution in [2.45, 2.75) is 0 Å². The maximum absolute atomic E-state index is 8.59. The van der Waals surface area contributed by atoms with Crippen LogP contribution in [-0.2, 0) is 0 Å². The van der Waals surface area contributed by atoms with Gasteiger partial charge in [-0.1, -0.05) is 0 Å². The van der Waals surface area contributed by atoms with E-state index in [4.69, 9.17) is 15.3 Å². The molecule has 0 saturated carbocycles. The Morgan fingerprint density at radius 2 is 2.30 bits per heavy atom. The molecular formula is C5H4BNO2S. The molecule has 0 unspecified atom stereocenters. The zero-order valence-electron chi connectivity index (χ0n) is 4.98. The molecule has 1 rings (SSSR count). The van der Waals surface area contributed by atoms with Crippen LogP contribution in [0.4, 0.5) is 0 Å². The van der Waals surface area contributed by atoms with Crippen molar-refractivity contribution in [1.82, 2.24) is 0 Å². The van der Waals surface area contributed by atoms with E-state index >= 15 is 0 Å². The van der Waals surface area contributed by atoms with E-state index in [0.717, 1.165) is 0 Å². The SMILES string of the molecule is N#Cc1cc(B(O)O)cs1. The van der Waals surface area contributed by atoms with Crippen molar-refractivity contribution >= 4 is 23.9 Å². The fourth-order valence-electron chi connectivity index (χ4n) is 0.545. The molecule has 0 aliphatic rings. The largest absolute Gasteiger partial charge is 0.489 e. The molecule has 5 heteroatoms. The van der Waals surface area contributed by atoms with Crippen molar-refractivity contribution in [3.05, 3.63) is 16.3 Å². The Balaban J connectivity index is 2.91. The van der Waals surface area contributed by atoms with Gasteiger partial charge in [-0.25, -0.2) is 0 Å². The van der Waals surface area contributed by atoms with Crippen LogP contribution in [0.2, 0.25) is 0 Å². The van der Waals surface area contributed by atoms with Crippen LogP contribution in [-0.4, -0.2) is 17.2 Å². The van der Waals surface area contributed by atoms with Gasteiger partial charge in [-0.2, -0.15) is 5.26 Å². The first-order valence-electron chi connectivity index (χ1n) is 2.58. The lowest BCUT2D eigenvalue weighted by Gasteiger charge is -1.87. The Labute approximate surface area is 62.3 Å². The molecule has 0 aliphatic heterocycles. The Kier molecular flexibility index (Phi) is 2.07. The maximum atomic E-state index is 8.59. The third-order valence-electron chi connectivity index (χ3n) is 1.03. The van der Waals surface area contributed by atoms with Crippen molar-refractivity contribution in [1.29, 1.82) is 5.26 Å². The van der Waals surface area contributed by atoms with E-state index in [1.807, 2.05) is 6.07 Å². The molecule has 0 bridgehead atoms. The highest BCUT2D eigenvalue weighted by Gasteiger charge is 2.12. The van der Waals surface area contributed by atoms with E-state index in [2.05, 4.69) is 0 Å². The number of rotatable bonds is 1. The summed E-state index contributed by atoms with van der Waals surface area (Å²) in [5.41, 5.74) is 0.376. The second kappa shape index (κ2) is 2.84. The molecule has 1 heterocycles. The van der Waals surface area contributed by atoms with Crippen LogP contribution in [0.15, 0.2) is 11.4 Å². The molecular weight excluding hydrogens is 149 g/mol. The lowest BCUT2D eigenvalue weighted by Crippen LogP contribution is -2.27. The molecule has 3 nitrogen and oxygen atoms in total. The summed E-state index contributed by atoms with van der Waals surface area (Å²) < 4.78 is 0. The van der Waals surface area contributed by atoms with Crippen molar-refractivity contribution in [2.24, 2.45) is 0 Å². The van der Waals surface area contributed by atoms with E-state index in [0.29, 0.717) is 10.3 Å². The Morgan fingerprint density at radius 1 is 1.60 bits per heavy atom. The van der Waals surface area contributed by atoms with E-state index in [1.165, 1.54) is 17.4 Å². The lowest BCUT2D eigenvalue weighted by molar-refractivity contribution is 0.426. The van der Waals surface area contributed by atoms with Gasteiger partial charge in [-0.15, -0.1) is 11.3 Å². The highest BCUT2D eigenvalue weighted by Crippen LogP contribution is 2.03. The molecule has 0 aliphatic carbocycles. The first-order valence-corrected chi connectivity index (χ1v) is 3.46. The summed E-state index contributed by atoms with van der Waals surface area (Å²) in [4.78, 5) is 0.489. The van der Waals surface area contributed by atoms with Crippen LogP contribution in [0.3, 0.4) is 0 Å². The van der Waals surface area contributed by atoms with Crippen molar-refractivity contribution in [3.8, 4) is 6.07 Å². The van der Waals surface area contributed by atoms with Crippen LogP contribution in [0.5, 0.6) is 0 Å². The second-order valence-electron chi connectivity index (χ2n) is 1.73. The number of hydrogen-bond donors (Lipinski definition) is 2. The van der Waals surface area contributed by atoms with Gasteiger partial charge in [0.05, 0.1) is 0 Å². The Bertz CT molecular complexity index is 265. The highest BCUT2D eigenvalue weighted by atomic mass is 32.1. The molecule has 2 N–H and O–H groups in total. The van der Waals surface area contributed by atoms with Crippen LogP contribution >= 0.6 is 11.3 Å². The van der Waals surface area contributed by atoms with Gasteiger partial charge in [0.1, 0.15) is 10.9 Å². The molecule has 0 fully saturated rings. The second-order valence-corrected chi connectivity index (χ2v) is 2.64. The van der Waals surface area contributed by atoms with E-state index in [9.17, 15) is 0 Å². The third-order valence-corrected chi connectivity index (χ3v) is 1.88. The summed E-state index contributed by atoms with van der Waals surface area (Å²) in [7, 11) is -1.46. The zero-order valence-corrected chi connectivity index (χ0v) is 5.80. The van der Waals surface area contributed by atoms with Crippen LogP contribution in [0.1, 0.15) is 4.88 Å². The minimum Gasteiger partial charge on any atom is -0.423 e. The molecule has 10 heavy (non-hydrogen) atoms. The van der Waals surface area contributed by atoms with Crippen LogP contribution in [0.25, 0.3) is 0 Å². The average Bonchev–Trinajstić information content (AvgIpc) is 2.34. The van der Waals surface area contributed by atoms with E-state index < -0.39 is 7.12 Å². The number of nitriles is 1. The normalized spacial score (nSPS) is 8.90. The molecule has 0 aromatic carbocycles. The Hall–Kier alpha value is -0.825. The van der Waals surface area contributed by atoms with E-state index in [-0.39, 0.29) is 0 Å². The standard InChI is InChI=1S/C5H4BNO2S/c7-2-5-1-4(3-10-5)6(8)9/h1,3,8-9H. The summed E-state index contributed by atoms with van der Waals surface area (Å²) >= 11 is 1.20. The van der Waals surface area contributed by atoms with Gasteiger partial charge in [-0.05, 0) is 16.9 Å². The summed E-state index contributed by atoms with van der Waals surface area (Å²) in [5.74, 6) is 0. The zero-order chi connectivity index (χ0) is 7.56. The lowest BCUT2D eigenvalue weighted by atomic mass is 9.83. The molecule has 0 atom stereocenters. The number of hydrogen-bond acceptors (Lipinski definition) is 4. The van der Waals surface area contributed by atoms with Crippen molar-refractivity contribution in [3.63, 3.8) is 0 Å².